The summed E-state index contributed by atoms with van der Waals surface area (Å²) in [5, 5.41) is 0. The van der Waals surface area contributed by atoms with Crippen LogP contribution in [-0.4, -0.2) is 37.2 Å². The minimum Gasteiger partial charge on any atom is -0.462 e. The van der Waals surface area contributed by atoms with E-state index in [4.69, 9.17) is 14.2 Å². The zero-order valence-corrected chi connectivity index (χ0v) is 52.3. The van der Waals surface area contributed by atoms with Crippen molar-refractivity contribution in [2.24, 2.45) is 0 Å². The highest BCUT2D eigenvalue weighted by molar-refractivity contribution is 5.71. The summed E-state index contributed by atoms with van der Waals surface area (Å²) in [6.45, 7) is 6.42. The van der Waals surface area contributed by atoms with Gasteiger partial charge >= 0.3 is 17.9 Å². The minimum atomic E-state index is -0.789. The molecule has 0 N–H and O–H groups in total. The molecule has 0 bridgehead atoms. The van der Waals surface area contributed by atoms with Crippen molar-refractivity contribution >= 4 is 17.9 Å². The molecule has 0 saturated heterocycles. The predicted molar refractivity (Wildman–Crippen MR) is 348 cm³/mol. The van der Waals surface area contributed by atoms with E-state index in [9.17, 15) is 14.4 Å². The Balaban J connectivity index is 4.24. The van der Waals surface area contributed by atoms with E-state index in [0.29, 0.717) is 19.3 Å². The Morgan fingerprint density at radius 3 is 0.762 bits per heavy atom. The van der Waals surface area contributed by atoms with Crippen LogP contribution in [0, 0.1) is 0 Å². The lowest BCUT2D eigenvalue weighted by Crippen LogP contribution is -2.30. The first-order valence-electron chi connectivity index (χ1n) is 33.5. The standard InChI is InChI=1S/C74H124O6/c1-4-7-10-13-16-19-22-25-28-29-30-31-32-33-34-35-36-37-38-39-40-41-42-43-44-45-47-49-52-55-58-61-64-67-73(76)79-70-71(69-78-72(75)66-63-60-57-54-51-48-27-24-21-18-15-12-9-6-3)80-74(77)68-65-62-59-56-53-50-46-26-23-20-17-14-11-8-5-2/h7-8,10-11,16-17,19-20,25-26,28,30-31,33-34,36-37,39-40,46,71H,4-6,9,12-15,18,21-24,27,29,32,35,38,41-45,47-70H2,1-3H3/b10-7-,11-8-,19-16-,20-17-,28-25-,31-30-,34-33-,37-36-,40-39-,46-26-. The highest BCUT2D eigenvalue weighted by Crippen LogP contribution is 2.16. The molecule has 0 saturated carbocycles. The molecule has 0 aromatic carbocycles. The molecule has 0 heterocycles. The van der Waals surface area contributed by atoms with Crippen molar-refractivity contribution in [1.29, 1.82) is 0 Å². The number of hydrogen-bond acceptors (Lipinski definition) is 6. The zero-order valence-electron chi connectivity index (χ0n) is 52.3. The molecule has 0 aliphatic rings. The van der Waals surface area contributed by atoms with Crippen molar-refractivity contribution in [1.82, 2.24) is 0 Å². The first kappa shape index (κ1) is 75.8. The quantitative estimate of drug-likeness (QED) is 0.0261. The van der Waals surface area contributed by atoms with Crippen LogP contribution in [0.15, 0.2) is 122 Å². The maximum atomic E-state index is 12.9. The van der Waals surface area contributed by atoms with Gasteiger partial charge in [-0.1, -0.05) is 303 Å². The van der Waals surface area contributed by atoms with Crippen molar-refractivity contribution in [3.05, 3.63) is 122 Å². The number of unbranched alkanes of at least 4 members (excludes halogenated alkanes) is 29. The molecule has 0 aromatic heterocycles. The van der Waals surface area contributed by atoms with Gasteiger partial charge in [0.05, 0.1) is 0 Å². The molecule has 0 spiro atoms. The smallest absolute Gasteiger partial charge is 0.306 e. The Kier molecular flexibility index (Phi) is 63.8. The third-order valence-electron chi connectivity index (χ3n) is 14.2. The molecule has 6 nitrogen and oxygen atoms in total. The summed E-state index contributed by atoms with van der Waals surface area (Å²) in [5.74, 6) is -0.896. The second-order valence-electron chi connectivity index (χ2n) is 22.0. The summed E-state index contributed by atoms with van der Waals surface area (Å²) < 4.78 is 16.9. The fraction of sp³-hybridized carbons (Fsp3) is 0.689. The highest BCUT2D eigenvalue weighted by Gasteiger charge is 2.19. The topological polar surface area (TPSA) is 78.9 Å². The summed E-state index contributed by atoms with van der Waals surface area (Å²) >= 11 is 0. The molecule has 1 atom stereocenters. The highest BCUT2D eigenvalue weighted by atomic mass is 16.6. The van der Waals surface area contributed by atoms with Gasteiger partial charge in [0.2, 0.25) is 0 Å². The monoisotopic (exact) mass is 1110 g/mol. The Labute approximate surface area is 494 Å². The second-order valence-corrected chi connectivity index (χ2v) is 22.0. The Morgan fingerprint density at radius 2 is 0.487 bits per heavy atom. The molecule has 0 amide bonds. The van der Waals surface area contributed by atoms with E-state index < -0.39 is 6.10 Å². The van der Waals surface area contributed by atoms with Gasteiger partial charge in [-0.05, 0) is 109 Å². The molecular formula is C74H124O6. The van der Waals surface area contributed by atoms with Crippen LogP contribution in [0.5, 0.6) is 0 Å². The largest absolute Gasteiger partial charge is 0.462 e. The van der Waals surface area contributed by atoms with E-state index in [-0.39, 0.29) is 31.1 Å². The molecule has 0 aliphatic heterocycles. The van der Waals surface area contributed by atoms with Crippen molar-refractivity contribution < 1.29 is 28.6 Å². The van der Waals surface area contributed by atoms with Gasteiger partial charge in [0, 0.05) is 19.3 Å². The van der Waals surface area contributed by atoms with Crippen LogP contribution in [0.2, 0.25) is 0 Å². The average Bonchev–Trinajstić information content (AvgIpc) is 3.46. The summed E-state index contributed by atoms with van der Waals surface area (Å²) in [4.78, 5) is 38.3. The van der Waals surface area contributed by atoms with Gasteiger partial charge in [-0.15, -0.1) is 0 Å². The van der Waals surface area contributed by atoms with Crippen LogP contribution in [0.1, 0.15) is 310 Å². The van der Waals surface area contributed by atoms with Crippen LogP contribution in [0.4, 0.5) is 0 Å². The van der Waals surface area contributed by atoms with Crippen LogP contribution in [0.25, 0.3) is 0 Å². The van der Waals surface area contributed by atoms with Gasteiger partial charge in [0.25, 0.3) is 0 Å². The number of hydrogen-bond donors (Lipinski definition) is 0. The lowest BCUT2D eigenvalue weighted by Gasteiger charge is -2.18. The van der Waals surface area contributed by atoms with Gasteiger partial charge in [-0.3, -0.25) is 14.4 Å². The molecule has 0 rings (SSSR count). The minimum absolute atomic E-state index is 0.0840. The van der Waals surface area contributed by atoms with E-state index in [0.717, 1.165) is 141 Å². The van der Waals surface area contributed by atoms with Crippen molar-refractivity contribution in [2.75, 3.05) is 13.2 Å². The van der Waals surface area contributed by atoms with Crippen molar-refractivity contribution in [3.63, 3.8) is 0 Å². The van der Waals surface area contributed by atoms with E-state index in [2.05, 4.69) is 142 Å². The van der Waals surface area contributed by atoms with Crippen LogP contribution < -0.4 is 0 Å². The second kappa shape index (κ2) is 67.3. The van der Waals surface area contributed by atoms with Gasteiger partial charge in [0.15, 0.2) is 6.10 Å². The van der Waals surface area contributed by atoms with Gasteiger partial charge in [0.1, 0.15) is 13.2 Å². The summed E-state index contributed by atoms with van der Waals surface area (Å²) in [7, 11) is 0. The molecule has 0 aromatic rings. The molecule has 80 heavy (non-hydrogen) atoms. The molecule has 0 fully saturated rings. The molecule has 0 aliphatic carbocycles. The van der Waals surface area contributed by atoms with Crippen LogP contribution >= 0.6 is 0 Å². The van der Waals surface area contributed by atoms with E-state index in [1.54, 1.807) is 0 Å². The zero-order chi connectivity index (χ0) is 57.8. The lowest BCUT2D eigenvalue weighted by molar-refractivity contribution is -0.167. The van der Waals surface area contributed by atoms with Crippen LogP contribution in [0.3, 0.4) is 0 Å². The third-order valence-corrected chi connectivity index (χ3v) is 14.2. The number of ether oxygens (including phenoxy) is 3. The molecule has 0 radical (unpaired) electrons. The number of allylic oxidation sites excluding steroid dienone is 20. The molecule has 456 valence electrons. The SMILES string of the molecule is CC/C=C\C/C=C\C/C=C\C/C=C\C/C=C\C/C=C\C/C=C\CCCCCCCCCCCCCC(=O)OCC(COC(=O)CCCCCCCCCCCCCCCC)OC(=O)CCCCCCC/C=C\C/C=C\C/C=C\CC. The van der Waals surface area contributed by atoms with Crippen molar-refractivity contribution in [3.8, 4) is 0 Å². The number of carbonyl (C=O) groups is 3. The fourth-order valence-corrected chi connectivity index (χ4v) is 9.26. The first-order valence-corrected chi connectivity index (χ1v) is 33.5. The van der Waals surface area contributed by atoms with E-state index in [1.807, 2.05) is 0 Å². The van der Waals surface area contributed by atoms with E-state index >= 15 is 0 Å². The summed E-state index contributed by atoms with van der Waals surface area (Å²) in [6.07, 6.45) is 93.6. The summed E-state index contributed by atoms with van der Waals surface area (Å²) in [5.41, 5.74) is 0. The van der Waals surface area contributed by atoms with Crippen molar-refractivity contribution in [2.45, 2.75) is 316 Å². The Morgan fingerprint density at radius 1 is 0.263 bits per heavy atom. The Bertz CT molecular complexity index is 1650. The van der Waals surface area contributed by atoms with Gasteiger partial charge < -0.3 is 14.2 Å². The number of rotatable bonds is 60. The lowest BCUT2D eigenvalue weighted by atomic mass is 10.0. The Hall–Kier alpha value is -4.19. The molecule has 1 unspecified atom stereocenters. The normalized spacial score (nSPS) is 12.9. The first-order chi connectivity index (χ1) is 39.5. The molecule has 6 heteroatoms. The number of esters is 3. The van der Waals surface area contributed by atoms with Crippen LogP contribution in [-0.2, 0) is 28.6 Å². The predicted octanol–water partition coefficient (Wildman–Crippen LogP) is 23.2. The van der Waals surface area contributed by atoms with E-state index in [1.165, 1.54) is 128 Å². The maximum absolute atomic E-state index is 12.9. The van der Waals surface area contributed by atoms with Gasteiger partial charge in [-0.25, -0.2) is 0 Å². The average molecular weight is 1110 g/mol. The summed E-state index contributed by atoms with van der Waals surface area (Å²) in [6, 6.07) is 0. The van der Waals surface area contributed by atoms with Gasteiger partial charge in [-0.2, -0.15) is 0 Å². The fourth-order valence-electron chi connectivity index (χ4n) is 9.26. The third kappa shape index (κ3) is 64.6. The number of carbonyl (C=O) groups excluding carboxylic acids is 3. The molecular weight excluding hydrogens is 985 g/mol. The maximum Gasteiger partial charge on any atom is 0.306 e.